The molecule has 2 aromatic heterocycles. The van der Waals surface area contributed by atoms with Gasteiger partial charge < -0.3 is 10.6 Å². The van der Waals surface area contributed by atoms with Crippen LogP contribution in [0.1, 0.15) is 43.9 Å². The Kier molecular flexibility index (Phi) is 8.25. The highest BCUT2D eigenvalue weighted by molar-refractivity contribution is 8.11. The second-order valence-electron chi connectivity index (χ2n) is 7.24. The van der Waals surface area contributed by atoms with Crippen molar-refractivity contribution in [3.63, 3.8) is 0 Å². The van der Waals surface area contributed by atoms with Crippen molar-refractivity contribution in [1.29, 1.82) is 0 Å². The van der Waals surface area contributed by atoms with Gasteiger partial charge in [-0.1, -0.05) is 30.5 Å². The van der Waals surface area contributed by atoms with Crippen LogP contribution in [-0.4, -0.2) is 23.1 Å². The highest BCUT2D eigenvalue weighted by Gasteiger charge is 2.14. The highest BCUT2D eigenvalue weighted by Crippen LogP contribution is 2.35. The number of aromatic nitrogens is 2. The summed E-state index contributed by atoms with van der Waals surface area (Å²) in [6.07, 6.45) is 8.44. The molecule has 4 nitrogen and oxygen atoms in total. The Hall–Kier alpha value is -2.18. The number of piperidine rings is 1. The van der Waals surface area contributed by atoms with Gasteiger partial charge in [-0.3, -0.25) is 0 Å². The fourth-order valence-corrected chi connectivity index (χ4v) is 4.27. The number of halogens is 1. The van der Waals surface area contributed by atoms with E-state index in [9.17, 15) is 4.39 Å². The first kappa shape index (κ1) is 21.5. The number of nitrogens with zero attached hydrogens (tertiary/aromatic N) is 2. The Morgan fingerprint density at radius 1 is 1.31 bits per heavy atom. The van der Waals surface area contributed by atoms with Crippen LogP contribution in [0, 0.1) is 5.92 Å². The SMILES string of the molecule is C=C(CCC1CCNCC1)S/C(=C\C)c1cccc(Nc2cc(CF)ccn2)n1. The molecule has 0 atom stereocenters. The summed E-state index contributed by atoms with van der Waals surface area (Å²) in [5.41, 5.74) is 1.49. The van der Waals surface area contributed by atoms with Crippen molar-refractivity contribution >= 4 is 28.3 Å². The molecule has 29 heavy (non-hydrogen) atoms. The number of nitrogens with one attached hydrogen (secondary N) is 2. The van der Waals surface area contributed by atoms with E-state index in [0.29, 0.717) is 17.2 Å². The van der Waals surface area contributed by atoms with Crippen molar-refractivity contribution in [2.75, 3.05) is 18.4 Å². The molecule has 1 saturated heterocycles. The van der Waals surface area contributed by atoms with Gasteiger partial charge >= 0.3 is 0 Å². The summed E-state index contributed by atoms with van der Waals surface area (Å²) in [5.74, 6) is 2.08. The molecular weight excluding hydrogens is 383 g/mol. The van der Waals surface area contributed by atoms with Gasteiger partial charge in [0.05, 0.1) is 5.69 Å². The number of anilines is 2. The van der Waals surface area contributed by atoms with E-state index in [4.69, 9.17) is 4.98 Å². The number of hydrogen-bond donors (Lipinski definition) is 2. The molecule has 0 radical (unpaired) electrons. The van der Waals surface area contributed by atoms with E-state index < -0.39 is 6.67 Å². The lowest BCUT2D eigenvalue weighted by Crippen LogP contribution is -2.27. The number of pyridine rings is 2. The van der Waals surface area contributed by atoms with Gasteiger partial charge in [-0.25, -0.2) is 14.4 Å². The molecule has 0 aromatic carbocycles. The van der Waals surface area contributed by atoms with Crippen molar-refractivity contribution < 1.29 is 4.39 Å². The van der Waals surface area contributed by atoms with E-state index in [-0.39, 0.29) is 0 Å². The van der Waals surface area contributed by atoms with Gasteiger partial charge in [0.2, 0.25) is 0 Å². The number of thioether (sulfide) groups is 1. The Morgan fingerprint density at radius 3 is 2.90 bits per heavy atom. The van der Waals surface area contributed by atoms with Crippen LogP contribution in [0.4, 0.5) is 16.0 Å². The topological polar surface area (TPSA) is 49.8 Å². The fraction of sp³-hybridized carbons (Fsp3) is 0.391. The molecule has 3 rings (SSSR count). The van der Waals surface area contributed by atoms with Crippen LogP contribution in [-0.2, 0) is 6.67 Å². The first-order chi connectivity index (χ1) is 14.2. The highest BCUT2D eigenvalue weighted by atomic mass is 32.2. The summed E-state index contributed by atoms with van der Waals surface area (Å²) in [6.45, 7) is 8.07. The Labute approximate surface area is 177 Å². The minimum atomic E-state index is -0.510. The predicted octanol–water partition coefficient (Wildman–Crippen LogP) is 6.08. The van der Waals surface area contributed by atoms with Crippen LogP contribution in [0.2, 0.25) is 0 Å². The van der Waals surface area contributed by atoms with Gasteiger partial charge in [0, 0.05) is 11.1 Å². The van der Waals surface area contributed by atoms with Gasteiger partial charge in [-0.2, -0.15) is 0 Å². The Balaban J connectivity index is 1.60. The first-order valence-corrected chi connectivity index (χ1v) is 11.0. The molecule has 1 aliphatic rings. The third kappa shape index (κ3) is 6.68. The molecule has 0 unspecified atom stereocenters. The zero-order chi connectivity index (χ0) is 20.5. The summed E-state index contributed by atoms with van der Waals surface area (Å²) in [6, 6.07) is 9.21. The molecule has 0 saturated carbocycles. The Morgan fingerprint density at radius 2 is 2.14 bits per heavy atom. The Bertz CT molecular complexity index is 846. The van der Waals surface area contributed by atoms with Crippen molar-refractivity contribution in [1.82, 2.24) is 15.3 Å². The van der Waals surface area contributed by atoms with Crippen molar-refractivity contribution in [2.24, 2.45) is 5.92 Å². The van der Waals surface area contributed by atoms with Crippen LogP contribution in [0.3, 0.4) is 0 Å². The predicted molar refractivity (Wildman–Crippen MR) is 122 cm³/mol. The van der Waals surface area contributed by atoms with E-state index in [1.807, 2.05) is 25.1 Å². The largest absolute Gasteiger partial charge is 0.325 e. The number of rotatable bonds is 9. The van der Waals surface area contributed by atoms with Crippen LogP contribution in [0.25, 0.3) is 4.91 Å². The lowest BCUT2D eigenvalue weighted by Gasteiger charge is -2.22. The third-order valence-electron chi connectivity index (χ3n) is 5.04. The van der Waals surface area contributed by atoms with Crippen LogP contribution in [0.5, 0.6) is 0 Å². The number of hydrogen-bond acceptors (Lipinski definition) is 5. The summed E-state index contributed by atoms with van der Waals surface area (Å²) in [4.78, 5) is 11.2. The van der Waals surface area contributed by atoms with E-state index in [1.54, 1.807) is 30.1 Å². The normalized spacial score (nSPS) is 15.3. The maximum absolute atomic E-state index is 12.9. The molecule has 0 bridgehead atoms. The maximum atomic E-state index is 12.9. The third-order valence-corrected chi connectivity index (χ3v) is 6.20. The minimum absolute atomic E-state index is 0.510. The molecule has 0 aliphatic carbocycles. The number of alkyl halides is 1. The van der Waals surface area contributed by atoms with Crippen molar-refractivity contribution in [3.8, 4) is 0 Å². The van der Waals surface area contributed by atoms with Gasteiger partial charge in [-0.15, -0.1) is 0 Å². The standard InChI is InChI=1S/C23H29FN4S/c1-3-21(29-17(2)7-8-18-9-12-25-13-10-18)20-5-4-6-22(27-20)28-23-15-19(16-24)11-14-26-23/h3-6,11,14-15,18,25H,2,7-10,12-13,16H2,1H3,(H,26,27,28)/b21-3-. The molecule has 0 spiro atoms. The molecule has 6 heteroatoms. The molecule has 2 N–H and O–H groups in total. The van der Waals surface area contributed by atoms with Crippen LogP contribution >= 0.6 is 11.8 Å². The molecule has 1 aliphatic heterocycles. The maximum Gasteiger partial charge on any atom is 0.132 e. The summed E-state index contributed by atoms with van der Waals surface area (Å²) >= 11 is 1.70. The molecule has 0 amide bonds. The van der Waals surface area contributed by atoms with Crippen molar-refractivity contribution in [3.05, 3.63) is 65.3 Å². The zero-order valence-corrected chi connectivity index (χ0v) is 17.8. The second-order valence-corrected chi connectivity index (χ2v) is 8.46. The summed E-state index contributed by atoms with van der Waals surface area (Å²) in [5, 5.41) is 6.59. The van der Waals surface area contributed by atoms with E-state index in [0.717, 1.165) is 36.0 Å². The first-order valence-electron chi connectivity index (χ1n) is 10.2. The lowest BCUT2D eigenvalue weighted by atomic mass is 9.93. The fourth-order valence-electron chi connectivity index (χ4n) is 3.40. The zero-order valence-electron chi connectivity index (χ0n) is 17.0. The molecular formula is C23H29FN4S. The molecule has 2 aromatic rings. The van der Waals surface area contributed by atoms with Gasteiger partial charge in [0.25, 0.3) is 0 Å². The molecule has 1 fully saturated rings. The smallest absolute Gasteiger partial charge is 0.132 e. The van der Waals surface area contributed by atoms with Gasteiger partial charge in [0.15, 0.2) is 0 Å². The van der Waals surface area contributed by atoms with Gasteiger partial charge in [0.1, 0.15) is 18.3 Å². The van der Waals surface area contributed by atoms with Crippen LogP contribution in [0.15, 0.2) is 54.1 Å². The van der Waals surface area contributed by atoms with Gasteiger partial charge in [-0.05, 0) is 86.3 Å². The van der Waals surface area contributed by atoms with E-state index in [2.05, 4.69) is 28.3 Å². The second kappa shape index (κ2) is 11.1. The summed E-state index contributed by atoms with van der Waals surface area (Å²) in [7, 11) is 0. The van der Waals surface area contributed by atoms with Crippen molar-refractivity contribution in [2.45, 2.75) is 39.3 Å². The molecule has 154 valence electrons. The average molecular weight is 413 g/mol. The summed E-state index contributed by atoms with van der Waals surface area (Å²) < 4.78 is 12.9. The lowest BCUT2D eigenvalue weighted by molar-refractivity contribution is 0.356. The van der Waals surface area contributed by atoms with E-state index in [1.165, 1.54) is 24.2 Å². The monoisotopic (exact) mass is 412 g/mol. The number of allylic oxidation sites excluding steroid dienone is 2. The van der Waals surface area contributed by atoms with E-state index >= 15 is 0 Å². The average Bonchev–Trinajstić information content (AvgIpc) is 2.77. The van der Waals surface area contributed by atoms with Crippen LogP contribution < -0.4 is 10.6 Å². The quantitative estimate of drug-likeness (QED) is 0.523. The minimum Gasteiger partial charge on any atom is -0.325 e. The molecule has 3 heterocycles.